The Morgan fingerprint density at radius 3 is 2.47 bits per heavy atom. The highest BCUT2D eigenvalue weighted by Crippen LogP contribution is 1.99. The number of rotatable bonds is 3. The maximum Gasteiger partial charge on any atom is 0.446 e. The summed E-state index contributed by atoms with van der Waals surface area (Å²) < 4.78 is 4.28. The van der Waals surface area contributed by atoms with Crippen LogP contribution in [0.5, 0.6) is 0 Å². The molecule has 1 rings (SSSR count). The van der Waals surface area contributed by atoms with Gasteiger partial charge in [0.1, 0.15) is 0 Å². The molecular formula is C9H7N3O3. The van der Waals surface area contributed by atoms with Crippen molar-refractivity contribution in [1.29, 1.82) is 0 Å². The number of Topliss-reactive ketones (excluding diaryl/α,β-unsaturated/α-hetero) is 1. The Kier molecular flexibility index (Phi) is 3.43. The molecule has 1 aromatic rings. The summed E-state index contributed by atoms with van der Waals surface area (Å²) in [6.07, 6.45) is 2.78. The number of hydrogen-bond donors (Lipinski definition) is 0. The number of pyridine rings is 1. The highest BCUT2D eigenvalue weighted by molar-refractivity contribution is 6.65. The lowest BCUT2D eigenvalue weighted by atomic mass is 10.1. The number of ketones is 1. The first kappa shape index (κ1) is 10.7. The second-order valence-corrected chi connectivity index (χ2v) is 2.51. The van der Waals surface area contributed by atoms with Crippen molar-refractivity contribution in [1.82, 2.24) is 4.98 Å². The third-order valence-electron chi connectivity index (χ3n) is 1.64. The number of methoxy groups -OCH3 is 1. The minimum absolute atomic E-state index is 0.197. The normalized spacial score (nSPS) is 8.87. The number of nitrogens with zero attached hydrogens (tertiary/aromatic N) is 3. The molecule has 0 amide bonds. The van der Waals surface area contributed by atoms with Gasteiger partial charge in [0.05, 0.1) is 7.11 Å². The molecule has 0 radical (unpaired) electrons. The van der Waals surface area contributed by atoms with E-state index in [-0.39, 0.29) is 5.56 Å². The Hall–Kier alpha value is -2.33. The zero-order chi connectivity index (χ0) is 11.3. The SMILES string of the molecule is COC(=O)C(=[N+]=[N-])C(=O)c1ccncc1. The van der Waals surface area contributed by atoms with Crippen LogP contribution in [0.3, 0.4) is 0 Å². The summed E-state index contributed by atoms with van der Waals surface area (Å²) in [6.45, 7) is 0. The Labute approximate surface area is 85.1 Å². The molecule has 0 aliphatic carbocycles. The molecule has 0 atom stereocenters. The van der Waals surface area contributed by atoms with E-state index in [0.29, 0.717) is 0 Å². The van der Waals surface area contributed by atoms with E-state index in [2.05, 4.69) is 14.5 Å². The van der Waals surface area contributed by atoms with Crippen molar-refractivity contribution in [3.63, 3.8) is 0 Å². The van der Waals surface area contributed by atoms with Crippen molar-refractivity contribution in [2.24, 2.45) is 0 Å². The summed E-state index contributed by atoms with van der Waals surface area (Å²) >= 11 is 0. The number of esters is 1. The highest BCUT2D eigenvalue weighted by atomic mass is 16.5. The van der Waals surface area contributed by atoms with E-state index < -0.39 is 17.5 Å². The molecule has 6 heteroatoms. The van der Waals surface area contributed by atoms with Crippen molar-refractivity contribution in [2.75, 3.05) is 7.11 Å². The van der Waals surface area contributed by atoms with Crippen LogP contribution in [-0.2, 0) is 9.53 Å². The van der Waals surface area contributed by atoms with Crippen LogP contribution in [0.1, 0.15) is 10.4 Å². The molecule has 76 valence electrons. The molecule has 1 aromatic heterocycles. The zero-order valence-electron chi connectivity index (χ0n) is 7.88. The van der Waals surface area contributed by atoms with Crippen molar-refractivity contribution >= 4 is 17.5 Å². The summed E-state index contributed by atoms with van der Waals surface area (Å²) in [4.78, 5) is 28.9. The van der Waals surface area contributed by atoms with Gasteiger partial charge in [0.15, 0.2) is 0 Å². The van der Waals surface area contributed by atoms with Gasteiger partial charge in [-0.15, -0.1) is 0 Å². The largest absolute Gasteiger partial charge is 0.460 e. The van der Waals surface area contributed by atoms with Gasteiger partial charge in [-0.1, -0.05) is 0 Å². The van der Waals surface area contributed by atoms with E-state index in [1.165, 1.54) is 24.5 Å². The topological polar surface area (TPSA) is 92.7 Å². The molecule has 0 saturated carbocycles. The van der Waals surface area contributed by atoms with Crippen molar-refractivity contribution in [3.8, 4) is 0 Å². The first-order valence-electron chi connectivity index (χ1n) is 3.95. The third-order valence-corrected chi connectivity index (χ3v) is 1.64. The number of aromatic nitrogens is 1. The molecule has 0 N–H and O–H groups in total. The quantitative estimate of drug-likeness (QED) is 0.175. The maximum absolute atomic E-state index is 11.6. The molecule has 0 unspecified atom stereocenters. The lowest BCUT2D eigenvalue weighted by molar-refractivity contribution is -0.137. The van der Waals surface area contributed by atoms with Crippen molar-refractivity contribution in [2.45, 2.75) is 0 Å². The van der Waals surface area contributed by atoms with Gasteiger partial charge in [-0.05, 0) is 12.1 Å². The number of carbonyl (C=O) groups is 2. The summed E-state index contributed by atoms with van der Waals surface area (Å²) in [7, 11) is 1.09. The zero-order valence-corrected chi connectivity index (χ0v) is 7.88. The number of ether oxygens (including phenoxy) is 1. The van der Waals surface area contributed by atoms with Gasteiger partial charge >= 0.3 is 11.7 Å². The fraction of sp³-hybridized carbons (Fsp3) is 0.111. The predicted octanol–water partition coefficient (Wildman–Crippen LogP) is 0.108. The second kappa shape index (κ2) is 4.78. The van der Waals surface area contributed by atoms with Gasteiger partial charge in [-0.25, -0.2) is 4.79 Å². The lowest BCUT2D eigenvalue weighted by Gasteiger charge is -1.94. The molecule has 0 aliphatic rings. The van der Waals surface area contributed by atoms with Gasteiger partial charge in [0.2, 0.25) is 0 Å². The molecule has 0 bridgehead atoms. The first-order chi connectivity index (χ1) is 7.20. The fourth-order valence-electron chi connectivity index (χ4n) is 0.916. The summed E-state index contributed by atoms with van der Waals surface area (Å²) in [6, 6.07) is 2.80. The van der Waals surface area contributed by atoms with E-state index >= 15 is 0 Å². The van der Waals surface area contributed by atoms with Crippen LogP contribution >= 0.6 is 0 Å². The molecule has 0 aromatic carbocycles. The van der Waals surface area contributed by atoms with Crippen LogP contribution in [0, 0.1) is 0 Å². The Balaban J connectivity index is 3.05. The minimum atomic E-state index is -0.987. The van der Waals surface area contributed by atoms with Crippen molar-refractivity contribution in [3.05, 3.63) is 35.6 Å². The maximum atomic E-state index is 11.6. The first-order valence-corrected chi connectivity index (χ1v) is 3.95. The second-order valence-electron chi connectivity index (χ2n) is 2.51. The lowest BCUT2D eigenvalue weighted by Crippen LogP contribution is -2.26. The molecular weight excluding hydrogens is 198 g/mol. The third kappa shape index (κ3) is 2.32. The van der Waals surface area contributed by atoms with Gasteiger partial charge in [-0.2, -0.15) is 4.79 Å². The van der Waals surface area contributed by atoms with E-state index in [4.69, 9.17) is 5.53 Å². The summed E-state index contributed by atoms with van der Waals surface area (Å²) in [5.74, 6) is -1.70. The molecule has 15 heavy (non-hydrogen) atoms. The molecule has 6 nitrogen and oxygen atoms in total. The van der Waals surface area contributed by atoms with E-state index in [1.54, 1.807) is 0 Å². The average molecular weight is 205 g/mol. The molecule has 0 aliphatic heterocycles. The molecule has 0 saturated heterocycles. The Morgan fingerprint density at radius 2 is 2.00 bits per heavy atom. The summed E-state index contributed by atoms with van der Waals surface area (Å²) in [5, 5.41) is 0. The van der Waals surface area contributed by atoms with Gasteiger partial charge < -0.3 is 10.3 Å². The Bertz CT molecular complexity index is 435. The summed E-state index contributed by atoms with van der Waals surface area (Å²) in [5.41, 5.74) is 8.04. The number of carbonyl (C=O) groups excluding carboxylic acids is 2. The monoisotopic (exact) mass is 205 g/mol. The van der Waals surface area contributed by atoms with E-state index in [0.717, 1.165) is 7.11 Å². The fourth-order valence-corrected chi connectivity index (χ4v) is 0.916. The minimum Gasteiger partial charge on any atom is -0.460 e. The Morgan fingerprint density at radius 1 is 1.40 bits per heavy atom. The number of hydrogen-bond acceptors (Lipinski definition) is 4. The standard InChI is InChI=1S/C9H7N3O3/c1-15-9(14)7(12-10)8(13)6-2-4-11-5-3-6/h2-5H,1H3. The predicted molar refractivity (Wildman–Crippen MR) is 49.2 cm³/mol. The molecule has 1 heterocycles. The van der Waals surface area contributed by atoms with Crippen LogP contribution in [0.4, 0.5) is 0 Å². The van der Waals surface area contributed by atoms with Gasteiger partial charge in [0, 0.05) is 18.0 Å². The van der Waals surface area contributed by atoms with Gasteiger partial charge in [-0.3, -0.25) is 9.78 Å². The molecule has 0 fully saturated rings. The van der Waals surface area contributed by atoms with Crippen LogP contribution in [0.15, 0.2) is 24.5 Å². The van der Waals surface area contributed by atoms with E-state index in [1.807, 2.05) is 0 Å². The van der Waals surface area contributed by atoms with Crippen LogP contribution in [0.2, 0.25) is 0 Å². The van der Waals surface area contributed by atoms with Gasteiger partial charge in [0.25, 0.3) is 5.78 Å². The van der Waals surface area contributed by atoms with E-state index in [9.17, 15) is 9.59 Å². The molecule has 0 spiro atoms. The van der Waals surface area contributed by atoms with Crippen LogP contribution in [-0.4, -0.2) is 34.3 Å². The van der Waals surface area contributed by atoms with Crippen LogP contribution < -0.4 is 0 Å². The van der Waals surface area contributed by atoms with Crippen LogP contribution in [0.25, 0.3) is 5.53 Å². The van der Waals surface area contributed by atoms with Crippen molar-refractivity contribution < 1.29 is 19.1 Å². The average Bonchev–Trinajstić information content (AvgIpc) is 2.30. The smallest absolute Gasteiger partial charge is 0.446 e. The highest BCUT2D eigenvalue weighted by Gasteiger charge is 2.31.